The van der Waals surface area contributed by atoms with Crippen LogP contribution in [0.3, 0.4) is 0 Å². The van der Waals surface area contributed by atoms with Gasteiger partial charge in [-0.2, -0.15) is 0 Å². The highest BCUT2D eigenvalue weighted by atomic mass is 32.1. The maximum Gasteiger partial charge on any atom is 0.231 e. The zero-order valence-electron chi connectivity index (χ0n) is 14.7. The first-order chi connectivity index (χ1) is 11.5. The molecule has 3 rings (SSSR count). The van der Waals surface area contributed by atoms with Gasteiger partial charge in [0, 0.05) is 23.4 Å². The first kappa shape index (κ1) is 17.1. The first-order valence-corrected chi connectivity index (χ1v) is 9.41. The lowest BCUT2D eigenvalue weighted by molar-refractivity contribution is -0.119. The summed E-state index contributed by atoms with van der Waals surface area (Å²) in [5, 5.41) is 2.89. The quantitative estimate of drug-likeness (QED) is 0.767. The molecule has 5 heteroatoms. The van der Waals surface area contributed by atoms with Crippen LogP contribution < -0.4 is 4.90 Å². The highest BCUT2D eigenvalue weighted by Crippen LogP contribution is 2.35. The smallest absolute Gasteiger partial charge is 0.231 e. The summed E-state index contributed by atoms with van der Waals surface area (Å²) >= 11 is 1.57. The van der Waals surface area contributed by atoms with Crippen molar-refractivity contribution in [3.05, 3.63) is 35.2 Å². The largest absolute Gasteiger partial charge is 0.309 e. The Morgan fingerprint density at radius 1 is 1.21 bits per heavy atom. The van der Waals surface area contributed by atoms with Crippen molar-refractivity contribution in [1.29, 1.82) is 0 Å². The van der Waals surface area contributed by atoms with Crippen LogP contribution >= 0.6 is 11.3 Å². The Balaban J connectivity index is 1.76. The van der Waals surface area contributed by atoms with E-state index in [0.29, 0.717) is 0 Å². The van der Waals surface area contributed by atoms with Crippen LogP contribution in [0.4, 0.5) is 5.13 Å². The van der Waals surface area contributed by atoms with Crippen LogP contribution in [0.15, 0.2) is 29.6 Å². The summed E-state index contributed by atoms with van der Waals surface area (Å²) in [6.45, 7) is 3.80. The van der Waals surface area contributed by atoms with E-state index < -0.39 is 0 Å². The molecule has 0 bridgehead atoms. The van der Waals surface area contributed by atoms with Crippen LogP contribution in [0, 0.1) is 12.8 Å². The van der Waals surface area contributed by atoms with Gasteiger partial charge in [0.05, 0.1) is 5.69 Å². The molecule has 0 radical (unpaired) electrons. The van der Waals surface area contributed by atoms with Crippen LogP contribution in [0.25, 0.3) is 11.3 Å². The normalized spacial score (nSPS) is 14.2. The molecular formula is C19H25N3OS. The van der Waals surface area contributed by atoms with Crippen molar-refractivity contribution in [3.63, 3.8) is 0 Å². The third-order valence-electron chi connectivity index (χ3n) is 4.25. The van der Waals surface area contributed by atoms with Crippen molar-refractivity contribution in [2.45, 2.75) is 26.2 Å². The lowest BCUT2D eigenvalue weighted by Crippen LogP contribution is -2.34. The number of carbonyl (C=O) groups is 1. The van der Waals surface area contributed by atoms with Crippen molar-refractivity contribution in [1.82, 2.24) is 9.88 Å². The van der Waals surface area contributed by atoms with Gasteiger partial charge in [-0.3, -0.25) is 9.69 Å². The molecule has 4 nitrogen and oxygen atoms in total. The van der Waals surface area contributed by atoms with E-state index in [4.69, 9.17) is 4.98 Å². The Bertz CT molecular complexity index is 689. The average Bonchev–Trinajstić information content (AvgIpc) is 3.30. The molecule has 128 valence electrons. The van der Waals surface area contributed by atoms with Crippen LogP contribution in [0.5, 0.6) is 0 Å². The van der Waals surface area contributed by atoms with E-state index in [-0.39, 0.29) is 11.8 Å². The molecule has 1 aliphatic carbocycles. The van der Waals surface area contributed by atoms with E-state index in [1.807, 2.05) is 4.90 Å². The fourth-order valence-corrected chi connectivity index (χ4v) is 3.51. The Labute approximate surface area is 148 Å². The molecule has 0 saturated heterocycles. The molecule has 0 unspecified atom stereocenters. The van der Waals surface area contributed by atoms with Crippen molar-refractivity contribution >= 4 is 22.4 Å². The molecule has 1 aromatic carbocycles. The summed E-state index contributed by atoms with van der Waals surface area (Å²) in [6.07, 6.45) is 3.02. The van der Waals surface area contributed by atoms with Gasteiger partial charge >= 0.3 is 0 Å². The Hall–Kier alpha value is -1.72. The Morgan fingerprint density at radius 2 is 1.92 bits per heavy atom. The Morgan fingerprint density at radius 3 is 2.54 bits per heavy atom. The number of rotatable bonds is 7. The predicted octanol–water partition coefficient (Wildman–Crippen LogP) is 3.81. The molecule has 0 spiro atoms. The van der Waals surface area contributed by atoms with Crippen molar-refractivity contribution in [2.24, 2.45) is 5.92 Å². The molecule has 1 amide bonds. The number of amides is 1. The maximum atomic E-state index is 12.7. The minimum Gasteiger partial charge on any atom is -0.309 e. The van der Waals surface area contributed by atoms with Crippen LogP contribution in [0.1, 0.15) is 24.8 Å². The zero-order chi connectivity index (χ0) is 17.1. The van der Waals surface area contributed by atoms with Gasteiger partial charge in [-0.15, -0.1) is 11.3 Å². The molecule has 24 heavy (non-hydrogen) atoms. The number of anilines is 1. The highest BCUT2D eigenvalue weighted by molar-refractivity contribution is 7.14. The van der Waals surface area contributed by atoms with E-state index in [2.05, 4.69) is 55.6 Å². The van der Waals surface area contributed by atoms with E-state index in [1.54, 1.807) is 11.3 Å². The van der Waals surface area contributed by atoms with Gasteiger partial charge < -0.3 is 4.90 Å². The van der Waals surface area contributed by atoms with Crippen LogP contribution in [0.2, 0.25) is 0 Å². The van der Waals surface area contributed by atoms with E-state index in [1.165, 1.54) is 5.56 Å². The number of nitrogens with zero attached hydrogens (tertiary/aromatic N) is 3. The van der Waals surface area contributed by atoms with Crippen molar-refractivity contribution in [3.8, 4) is 11.3 Å². The first-order valence-electron chi connectivity index (χ1n) is 8.53. The van der Waals surface area contributed by atoms with Gasteiger partial charge in [-0.1, -0.05) is 29.8 Å². The van der Waals surface area contributed by atoms with Gasteiger partial charge in [-0.05, 0) is 46.8 Å². The van der Waals surface area contributed by atoms with Crippen LogP contribution in [-0.4, -0.2) is 43.0 Å². The second-order valence-electron chi connectivity index (χ2n) is 6.80. The van der Waals surface area contributed by atoms with Crippen molar-refractivity contribution in [2.75, 3.05) is 32.1 Å². The SMILES string of the molecule is Cc1ccc(-c2csc(N(CCCN(C)C)C(=O)C3CC3)n2)cc1. The van der Waals surface area contributed by atoms with E-state index in [0.717, 1.165) is 48.7 Å². The molecule has 2 aromatic rings. The lowest BCUT2D eigenvalue weighted by Gasteiger charge is -2.21. The summed E-state index contributed by atoms with van der Waals surface area (Å²) in [7, 11) is 4.12. The lowest BCUT2D eigenvalue weighted by atomic mass is 10.1. The van der Waals surface area contributed by atoms with Gasteiger partial charge in [0.25, 0.3) is 0 Å². The molecular weight excluding hydrogens is 318 g/mol. The van der Waals surface area contributed by atoms with E-state index in [9.17, 15) is 4.79 Å². The summed E-state index contributed by atoms with van der Waals surface area (Å²) in [6, 6.07) is 8.37. The molecule has 1 heterocycles. The topological polar surface area (TPSA) is 36.4 Å². The minimum absolute atomic E-state index is 0.219. The molecule has 0 aliphatic heterocycles. The zero-order valence-corrected chi connectivity index (χ0v) is 15.5. The third kappa shape index (κ3) is 4.22. The van der Waals surface area contributed by atoms with Crippen molar-refractivity contribution < 1.29 is 4.79 Å². The van der Waals surface area contributed by atoms with Gasteiger partial charge in [-0.25, -0.2) is 4.98 Å². The predicted molar refractivity (Wildman–Crippen MR) is 101 cm³/mol. The monoisotopic (exact) mass is 343 g/mol. The fourth-order valence-electron chi connectivity index (χ4n) is 2.64. The molecule has 1 aromatic heterocycles. The molecule has 1 saturated carbocycles. The summed E-state index contributed by atoms with van der Waals surface area (Å²) in [5.41, 5.74) is 3.30. The number of aromatic nitrogens is 1. The van der Waals surface area contributed by atoms with E-state index >= 15 is 0 Å². The summed E-state index contributed by atoms with van der Waals surface area (Å²) < 4.78 is 0. The summed E-state index contributed by atoms with van der Waals surface area (Å²) in [5.74, 6) is 0.467. The number of thiazole rings is 1. The number of hydrogen-bond donors (Lipinski definition) is 0. The highest BCUT2D eigenvalue weighted by Gasteiger charge is 2.34. The second-order valence-corrected chi connectivity index (χ2v) is 7.64. The number of carbonyl (C=O) groups excluding carboxylic acids is 1. The van der Waals surface area contributed by atoms with Gasteiger partial charge in [0.1, 0.15) is 0 Å². The summed E-state index contributed by atoms with van der Waals surface area (Å²) in [4.78, 5) is 21.5. The Kier molecular flexibility index (Phi) is 5.31. The number of hydrogen-bond acceptors (Lipinski definition) is 4. The minimum atomic E-state index is 0.219. The fraction of sp³-hybridized carbons (Fsp3) is 0.474. The maximum absolute atomic E-state index is 12.7. The number of benzene rings is 1. The van der Waals surface area contributed by atoms with Gasteiger partial charge in [0.15, 0.2) is 5.13 Å². The third-order valence-corrected chi connectivity index (χ3v) is 5.11. The van der Waals surface area contributed by atoms with Gasteiger partial charge in [0.2, 0.25) is 5.91 Å². The van der Waals surface area contributed by atoms with Crippen LogP contribution in [-0.2, 0) is 4.79 Å². The standard InChI is InChI=1S/C19H25N3OS/c1-14-5-7-15(8-6-14)17-13-24-19(20-17)22(12-4-11-21(2)3)18(23)16-9-10-16/h5-8,13,16H,4,9-12H2,1-3H3. The average molecular weight is 343 g/mol. The molecule has 0 N–H and O–H groups in total. The molecule has 0 atom stereocenters. The number of aryl methyl sites for hydroxylation is 1. The molecule has 1 fully saturated rings. The second kappa shape index (κ2) is 7.45. The molecule has 1 aliphatic rings.